The van der Waals surface area contributed by atoms with Crippen LogP contribution in [0.3, 0.4) is 0 Å². The Balaban J connectivity index is 2.38. The number of rotatable bonds is 2. The van der Waals surface area contributed by atoms with Crippen LogP contribution in [0.2, 0.25) is 0 Å². The van der Waals surface area contributed by atoms with Crippen molar-refractivity contribution < 1.29 is 22.0 Å². The molecule has 0 fully saturated rings. The van der Waals surface area contributed by atoms with Crippen molar-refractivity contribution in [3.63, 3.8) is 0 Å². The number of halogens is 6. The van der Waals surface area contributed by atoms with Crippen LogP contribution in [-0.4, -0.2) is 0 Å². The zero-order valence-corrected chi connectivity index (χ0v) is 10.6. The highest BCUT2D eigenvalue weighted by Gasteiger charge is 2.31. The Kier molecular flexibility index (Phi) is 3.99. The molecular weight excluding hydrogens is 299 g/mol. The fourth-order valence-electron chi connectivity index (χ4n) is 1.74. The standard InChI is InChI=1S/C14H8ClF5/c15-13(9-4-5-11(16)12(17)7-9)8-2-1-3-10(6-8)14(18,19)20/h1-7,13H. The lowest BCUT2D eigenvalue weighted by Gasteiger charge is -2.13. The first-order valence-electron chi connectivity index (χ1n) is 5.55. The van der Waals surface area contributed by atoms with E-state index in [1.54, 1.807) is 0 Å². The number of alkyl halides is 4. The summed E-state index contributed by atoms with van der Waals surface area (Å²) in [6.07, 6.45) is -4.49. The molecule has 6 heteroatoms. The monoisotopic (exact) mass is 306 g/mol. The molecule has 0 aliphatic heterocycles. The summed E-state index contributed by atoms with van der Waals surface area (Å²) in [6, 6.07) is 7.40. The van der Waals surface area contributed by atoms with Crippen molar-refractivity contribution in [1.29, 1.82) is 0 Å². The van der Waals surface area contributed by atoms with Crippen molar-refractivity contribution in [3.05, 3.63) is 70.8 Å². The molecule has 0 radical (unpaired) electrons. The Labute approximate surface area is 116 Å². The molecule has 0 nitrogen and oxygen atoms in total. The quantitative estimate of drug-likeness (QED) is 0.521. The minimum atomic E-state index is -4.49. The van der Waals surface area contributed by atoms with E-state index in [0.717, 1.165) is 24.3 Å². The molecule has 0 bridgehead atoms. The van der Waals surface area contributed by atoms with Gasteiger partial charge in [-0.15, -0.1) is 11.6 Å². The molecular formula is C14H8ClF5. The summed E-state index contributed by atoms with van der Waals surface area (Å²) in [5.41, 5.74) is -0.499. The molecule has 106 valence electrons. The third-order valence-corrected chi connectivity index (χ3v) is 3.25. The second kappa shape index (κ2) is 5.40. The molecule has 0 aromatic heterocycles. The van der Waals surface area contributed by atoms with Crippen LogP contribution >= 0.6 is 11.6 Å². The van der Waals surface area contributed by atoms with Gasteiger partial charge in [-0.25, -0.2) is 8.78 Å². The SMILES string of the molecule is Fc1ccc(C(Cl)c2cccc(C(F)(F)F)c2)cc1F. The Morgan fingerprint density at radius 1 is 0.850 bits per heavy atom. The van der Waals surface area contributed by atoms with E-state index >= 15 is 0 Å². The van der Waals surface area contributed by atoms with Gasteiger partial charge in [0.2, 0.25) is 0 Å². The molecule has 0 N–H and O–H groups in total. The van der Waals surface area contributed by atoms with Crippen molar-refractivity contribution in [2.75, 3.05) is 0 Å². The topological polar surface area (TPSA) is 0 Å². The van der Waals surface area contributed by atoms with E-state index in [1.165, 1.54) is 18.2 Å². The molecule has 0 heterocycles. The maximum absolute atomic E-state index is 13.1. The maximum Gasteiger partial charge on any atom is 0.416 e. The van der Waals surface area contributed by atoms with Crippen LogP contribution in [0.15, 0.2) is 42.5 Å². The first-order chi connectivity index (χ1) is 9.29. The highest BCUT2D eigenvalue weighted by atomic mass is 35.5. The fraction of sp³-hybridized carbons (Fsp3) is 0.143. The molecule has 2 rings (SSSR count). The second-order valence-electron chi connectivity index (χ2n) is 4.16. The molecule has 1 atom stereocenters. The van der Waals surface area contributed by atoms with E-state index in [-0.39, 0.29) is 11.1 Å². The zero-order chi connectivity index (χ0) is 14.9. The van der Waals surface area contributed by atoms with Crippen LogP contribution in [0.25, 0.3) is 0 Å². The molecule has 0 aliphatic rings. The molecule has 2 aromatic rings. The average Bonchev–Trinajstić information content (AvgIpc) is 2.40. The van der Waals surface area contributed by atoms with E-state index in [2.05, 4.69) is 0 Å². The first kappa shape index (κ1) is 14.8. The van der Waals surface area contributed by atoms with Crippen LogP contribution in [0, 0.1) is 11.6 Å². The van der Waals surface area contributed by atoms with Gasteiger partial charge in [0, 0.05) is 0 Å². The Hall–Kier alpha value is -1.62. The molecule has 2 aromatic carbocycles. The maximum atomic E-state index is 13.1. The third kappa shape index (κ3) is 3.10. The van der Waals surface area contributed by atoms with E-state index < -0.39 is 28.8 Å². The largest absolute Gasteiger partial charge is 0.416 e. The van der Waals surface area contributed by atoms with Gasteiger partial charge < -0.3 is 0 Å². The lowest BCUT2D eigenvalue weighted by Crippen LogP contribution is -2.06. The van der Waals surface area contributed by atoms with E-state index in [0.29, 0.717) is 0 Å². The summed E-state index contributed by atoms with van der Waals surface area (Å²) in [6.45, 7) is 0. The summed E-state index contributed by atoms with van der Waals surface area (Å²) in [5, 5.41) is -0.993. The minimum absolute atomic E-state index is 0.160. The molecule has 0 saturated carbocycles. The zero-order valence-electron chi connectivity index (χ0n) is 9.89. The number of hydrogen-bond acceptors (Lipinski definition) is 0. The van der Waals surface area contributed by atoms with Crippen molar-refractivity contribution in [1.82, 2.24) is 0 Å². The highest BCUT2D eigenvalue weighted by molar-refractivity contribution is 6.22. The first-order valence-corrected chi connectivity index (χ1v) is 5.99. The average molecular weight is 307 g/mol. The predicted octanol–water partition coefficient (Wildman–Crippen LogP) is 5.31. The lowest BCUT2D eigenvalue weighted by atomic mass is 10.0. The van der Waals surface area contributed by atoms with E-state index in [4.69, 9.17) is 11.6 Å². The lowest BCUT2D eigenvalue weighted by molar-refractivity contribution is -0.137. The van der Waals surface area contributed by atoms with Crippen molar-refractivity contribution in [2.45, 2.75) is 11.6 Å². The minimum Gasteiger partial charge on any atom is -0.204 e. The van der Waals surface area contributed by atoms with Gasteiger partial charge in [0.1, 0.15) is 0 Å². The number of benzene rings is 2. The molecule has 0 aliphatic carbocycles. The van der Waals surface area contributed by atoms with Gasteiger partial charge in [-0.05, 0) is 35.4 Å². The molecule has 1 unspecified atom stereocenters. The van der Waals surface area contributed by atoms with Crippen LogP contribution in [0.1, 0.15) is 22.1 Å². The van der Waals surface area contributed by atoms with Gasteiger partial charge in [0.15, 0.2) is 11.6 Å². The molecule has 20 heavy (non-hydrogen) atoms. The normalized spacial score (nSPS) is 13.3. The van der Waals surface area contributed by atoms with E-state index in [9.17, 15) is 22.0 Å². The second-order valence-corrected chi connectivity index (χ2v) is 4.60. The van der Waals surface area contributed by atoms with Crippen LogP contribution in [0.5, 0.6) is 0 Å². The van der Waals surface area contributed by atoms with Gasteiger partial charge in [0.05, 0.1) is 10.9 Å². The van der Waals surface area contributed by atoms with Crippen LogP contribution in [-0.2, 0) is 6.18 Å². The van der Waals surface area contributed by atoms with Crippen molar-refractivity contribution >= 4 is 11.6 Å². The van der Waals surface area contributed by atoms with Gasteiger partial charge >= 0.3 is 6.18 Å². The molecule has 0 spiro atoms. The number of hydrogen-bond donors (Lipinski definition) is 0. The Morgan fingerprint density at radius 2 is 1.50 bits per heavy atom. The summed E-state index contributed by atoms with van der Waals surface area (Å²) in [4.78, 5) is 0. The Morgan fingerprint density at radius 3 is 2.10 bits per heavy atom. The van der Waals surface area contributed by atoms with Gasteiger partial charge in [-0.1, -0.05) is 18.2 Å². The summed E-state index contributed by atoms with van der Waals surface area (Å²) >= 11 is 6.02. The third-order valence-electron chi connectivity index (χ3n) is 2.74. The predicted molar refractivity (Wildman–Crippen MR) is 65.5 cm³/mol. The highest BCUT2D eigenvalue weighted by Crippen LogP contribution is 2.34. The fourth-order valence-corrected chi connectivity index (χ4v) is 2.01. The summed E-state index contributed by atoms with van der Waals surface area (Å²) in [7, 11) is 0. The van der Waals surface area contributed by atoms with Crippen molar-refractivity contribution in [2.24, 2.45) is 0 Å². The summed E-state index contributed by atoms with van der Waals surface area (Å²) < 4.78 is 63.7. The van der Waals surface area contributed by atoms with Gasteiger partial charge in [-0.2, -0.15) is 13.2 Å². The molecule has 0 amide bonds. The molecule has 0 saturated heterocycles. The van der Waals surface area contributed by atoms with Crippen LogP contribution < -0.4 is 0 Å². The van der Waals surface area contributed by atoms with E-state index in [1.807, 2.05) is 0 Å². The van der Waals surface area contributed by atoms with Gasteiger partial charge in [-0.3, -0.25) is 0 Å². The van der Waals surface area contributed by atoms with Crippen molar-refractivity contribution in [3.8, 4) is 0 Å². The van der Waals surface area contributed by atoms with Crippen LogP contribution in [0.4, 0.5) is 22.0 Å². The smallest absolute Gasteiger partial charge is 0.204 e. The Bertz CT molecular complexity index is 621. The van der Waals surface area contributed by atoms with Gasteiger partial charge in [0.25, 0.3) is 0 Å². The summed E-state index contributed by atoms with van der Waals surface area (Å²) in [5.74, 6) is -2.14.